The fraction of sp³-hybridized carbons (Fsp3) is 0.556. The van der Waals surface area contributed by atoms with Crippen molar-refractivity contribution >= 4 is 45.2 Å². The molecule has 7 heteroatoms. The van der Waals surface area contributed by atoms with E-state index in [-0.39, 0.29) is 17.6 Å². The van der Waals surface area contributed by atoms with E-state index in [1.807, 2.05) is 24.3 Å². The third-order valence-electron chi connectivity index (χ3n) is 4.21. The minimum absolute atomic E-state index is 0.00301. The number of carbonyl (C=O) groups excluding carboxylic acids is 2. The van der Waals surface area contributed by atoms with Gasteiger partial charge in [0.1, 0.15) is 0 Å². The molecule has 0 radical (unpaired) electrons. The Balaban J connectivity index is 1.58. The van der Waals surface area contributed by atoms with Gasteiger partial charge >= 0.3 is 0 Å². The van der Waals surface area contributed by atoms with Crippen molar-refractivity contribution in [1.29, 1.82) is 0 Å². The number of carbonyl (C=O) groups is 2. The highest BCUT2D eigenvalue weighted by molar-refractivity contribution is 9.10. The zero-order valence-corrected chi connectivity index (χ0v) is 17.2. The molecule has 1 aliphatic rings. The average molecular weight is 428 g/mol. The lowest BCUT2D eigenvalue weighted by molar-refractivity contribution is -0.118. The number of anilines is 1. The van der Waals surface area contributed by atoms with Crippen LogP contribution >= 0.6 is 27.7 Å². The van der Waals surface area contributed by atoms with Crippen LogP contribution in [0.15, 0.2) is 28.7 Å². The summed E-state index contributed by atoms with van der Waals surface area (Å²) in [7, 11) is 0. The van der Waals surface area contributed by atoms with Crippen LogP contribution in [0.4, 0.5) is 5.69 Å². The summed E-state index contributed by atoms with van der Waals surface area (Å²) in [4.78, 5) is 26.2. The van der Waals surface area contributed by atoms with Crippen LogP contribution in [0.1, 0.15) is 20.3 Å². The second-order valence-corrected chi connectivity index (χ2v) is 8.50. The first kappa shape index (κ1) is 20.3. The topological polar surface area (TPSA) is 61.4 Å². The number of benzene rings is 1. The number of rotatable bonds is 8. The van der Waals surface area contributed by atoms with Gasteiger partial charge in [-0.3, -0.25) is 9.59 Å². The summed E-state index contributed by atoms with van der Waals surface area (Å²) in [6.07, 6.45) is 1.14. The predicted molar refractivity (Wildman–Crippen MR) is 108 cm³/mol. The standard InChI is InChI=1S/C18H26BrN3O2S/c1-13(2)22-7-6-14(10-22)9-20-17(23)11-25-12-18(24)21-16-5-3-4-15(19)8-16/h3-5,8,13-14H,6-7,9-12H2,1-2H3,(H,20,23)(H,21,24). The molecule has 25 heavy (non-hydrogen) atoms. The molecule has 1 fully saturated rings. The molecule has 138 valence electrons. The van der Waals surface area contributed by atoms with E-state index in [9.17, 15) is 9.59 Å². The van der Waals surface area contributed by atoms with Crippen LogP contribution in [0.25, 0.3) is 0 Å². The van der Waals surface area contributed by atoms with Crippen LogP contribution in [-0.2, 0) is 9.59 Å². The number of nitrogens with zero attached hydrogens (tertiary/aromatic N) is 1. The van der Waals surface area contributed by atoms with Crippen molar-refractivity contribution in [1.82, 2.24) is 10.2 Å². The molecule has 0 bridgehead atoms. The number of nitrogens with one attached hydrogen (secondary N) is 2. The van der Waals surface area contributed by atoms with Crippen molar-refractivity contribution in [2.24, 2.45) is 5.92 Å². The molecule has 1 aliphatic heterocycles. The highest BCUT2D eigenvalue weighted by Crippen LogP contribution is 2.18. The van der Waals surface area contributed by atoms with E-state index in [4.69, 9.17) is 0 Å². The van der Waals surface area contributed by atoms with Gasteiger partial charge in [-0.05, 0) is 50.9 Å². The summed E-state index contributed by atoms with van der Waals surface area (Å²) in [5.41, 5.74) is 0.750. The van der Waals surface area contributed by atoms with E-state index < -0.39 is 0 Å². The normalized spacial score (nSPS) is 17.7. The third kappa shape index (κ3) is 7.38. The van der Waals surface area contributed by atoms with E-state index >= 15 is 0 Å². The summed E-state index contributed by atoms with van der Waals surface area (Å²) in [6.45, 7) is 7.31. The highest BCUT2D eigenvalue weighted by atomic mass is 79.9. The van der Waals surface area contributed by atoms with Gasteiger partial charge in [0.15, 0.2) is 0 Å². The zero-order valence-electron chi connectivity index (χ0n) is 14.8. The van der Waals surface area contributed by atoms with Crippen LogP contribution in [0.2, 0.25) is 0 Å². The van der Waals surface area contributed by atoms with Gasteiger partial charge in [-0.1, -0.05) is 22.0 Å². The lowest BCUT2D eigenvalue weighted by Crippen LogP contribution is -2.33. The molecule has 0 aliphatic carbocycles. The monoisotopic (exact) mass is 427 g/mol. The van der Waals surface area contributed by atoms with Gasteiger partial charge in [-0.15, -0.1) is 11.8 Å². The smallest absolute Gasteiger partial charge is 0.234 e. The summed E-state index contributed by atoms with van der Waals surface area (Å²) in [5.74, 6) is 1.02. The first-order valence-corrected chi connectivity index (χ1v) is 10.5. The van der Waals surface area contributed by atoms with Gasteiger partial charge in [0, 0.05) is 29.3 Å². The Labute approximate surface area is 162 Å². The van der Waals surface area contributed by atoms with E-state index in [0.29, 0.717) is 17.7 Å². The molecule has 5 nitrogen and oxygen atoms in total. The van der Waals surface area contributed by atoms with Crippen molar-refractivity contribution in [3.05, 3.63) is 28.7 Å². The molecule has 1 aromatic rings. The molecule has 1 saturated heterocycles. The molecule has 2 rings (SSSR count). The molecule has 0 aromatic heterocycles. The average Bonchev–Trinajstić information content (AvgIpc) is 3.02. The summed E-state index contributed by atoms with van der Waals surface area (Å²) in [6, 6.07) is 8.02. The Kier molecular flexibility index (Phi) is 8.26. The van der Waals surface area contributed by atoms with Crippen molar-refractivity contribution in [3.8, 4) is 0 Å². The van der Waals surface area contributed by atoms with Crippen molar-refractivity contribution in [2.45, 2.75) is 26.3 Å². The van der Waals surface area contributed by atoms with Crippen LogP contribution in [0.3, 0.4) is 0 Å². The predicted octanol–water partition coefficient (Wildman–Crippen LogP) is 2.97. The van der Waals surface area contributed by atoms with Gasteiger partial charge in [0.25, 0.3) is 0 Å². The fourth-order valence-electron chi connectivity index (χ4n) is 2.81. The maximum atomic E-state index is 11.9. The van der Waals surface area contributed by atoms with E-state index in [0.717, 1.165) is 36.2 Å². The SMILES string of the molecule is CC(C)N1CCC(CNC(=O)CSCC(=O)Nc2cccc(Br)c2)C1. The van der Waals surface area contributed by atoms with Gasteiger partial charge in [0.2, 0.25) is 11.8 Å². The fourth-order valence-corrected chi connectivity index (χ4v) is 3.85. The first-order chi connectivity index (χ1) is 11.9. The molecular formula is C18H26BrN3O2S. The van der Waals surface area contributed by atoms with Crippen LogP contribution < -0.4 is 10.6 Å². The number of halogens is 1. The largest absolute Gasteiger partial charge is 0.355 e. The number of likely N-dealkylation sites (tertiary alicyclic amines) is 1. The lowest BCUT2D eigenvalue weighted by Gasteiger charge is -2.20. The second-order valence-electron chi connectivity index (χ2n) is 6.60. The van der Waals surface area contributed by atoms with Crippen LogP contribution in [0, 0.1) is 5.92 Å². The maximum Gasteiger partial charge on any atom is 0.234 e. The van der Waals surface area contributed by atoms with Crippen molar-refractivity contribution in [2.75, 3.05) is 36.5 Å². The zero-order chi connectivity index (χ0) is 18.2. The molecule has 0 spiro atoms. The summed E-state index contributed by atoms with van der Waals surface area (Å²) < 4.78 is 0.917. The Morgan fingerprint density at radius 3 is 2.76 bits per heavy atom. The van der Waals surface area contributed by atoms with E-state index in [2.05, 4.69) is 45.3 Å². The Morgan fingerprint density at radius 2 is 2.08 bits per heavy atom. The number of hydrogen-bond acceptors (Lipinski definition) is 4. The first-order valence-electron chi connectivity index (χ1n) is 8.58. The summed E-state index contributed by atoms with van der Waals surface area (Å²) in [5, 5.41) is 5.81. The Morgan fingerprint density at radius 1 is 1.32 bits per heavy atom. The van der Waals surface area contributed by atoms with Gasteiger partial charge in [0.05, 0.1) is 11.5 Å². The number of thioether (sulfide) groups is 1. The van der Waals surface area contributed by atoms with Crippen molar-refractivity contribution in [3.63, 3.8) is 0 Å². The molecule has 1 aromatic carbocycles. The van der Waals surface area contributed by atoms with Crippen LogP contribution in [0.5, 0.6) is 0 Å². The summed E-state index contributed by atoms with van der Waals surface area (Å²) >= 11 is 4.70. The Bertz CT molecular complexity index is 597. The third-order valence-corrected chi connectivity index (χ3v) is 5.64. The maximum absolute atomic E-state index is 11.9. The van der Waals surface area contributed by atoms with Crippen LogP contribution in [-0.4, -0.2) is 53.9 Å². The van der Waals surface area contributed by atoms with Gasteiger partial charge in [-0.2, -0.15) is 0 Å². The molecule has 1 heterocycles. The molecule has 1 unspecified atom stereocenters. The lowest BCUT2D eigenvalue weighted by atomic mass is 10.1. The Hall–Kier alpha value is -1.05. The quantitative estimate of drug-likeness (QED) is 0.669. The molecular weight excluding hydrogens is 402 g/mol. The highest BCUT2D eigenvalue weighted by Gasteiger charge is 2.24. The van der Waals surface area contributed by atoms with Gasteiger partial charge < -0.3 is 15.5 Å². The molecule has 2 amide bonds. The molecule has 2 N–H and O–H groups in total. The molecule has 0 saturated carbocycles. The van der Waals surface area contributed by atoms with Gasteiger partial charge in [-0.25, -0.2) is 0 Å². The molecule has 1 atom stereocenters. The number of hydrogen-bond donors (Lipinski definition) is 2. The number of amides is 2. The minimum atomic E-state index is -0.0979. The van der Waals surface area contributed by atoms with E-state index in [1.54, 1.807) is 0 Å². The second kappa shape index (κ2) is 10.2. The van der Waals surface area contributed by atoms with Crippen molar-refractivity contribution < 1.29 is 9.59 Å². The minimum Gasteiger partial charge on any atom is -0.355 e. The van der Waals surface area contributed by atoms with E-state index in [1.165, 1.54) is 11.8 Å².